The maximum atomic E-state index is 14.0. The summed E-state index contributed by atoms with van der Waals surface area (Å²) in [5.41, 5.74) is 1.16. The van der Waals surface area contributed by atoms with Crippen molar-refractivity contribution in [2.24, 2.45) is 0 Å². The first-order valence-corrected chi connectivity index (χ1v) is 6.96. The lowest BCUT2D eigenvalue weighted by atomic mass is 10.0. The maximum absolute atomic E-state index is 14.0. The highest BCUT2D eigenvalue weighted by Gasteiger charge is 2.22. The van der Waals surface area contributed by atoms with Crippen LogP contribution in [-0.4, -0.2) is 18.9 Å². The van der Waals surface area contributed by atoms with E-state index >= 15 is 0 Å². The van der Waals surface area contributed by atoms with Crippen LogP contribution < -0.4 is 10.1 Å². The van der Waals surface area contributed by atoms with Gasteiger partial charge in [-0.1, -0.05) is 12.1 Å². The first-order valence-electron chi connectivity index (χ1n) is 6.17. The van der Waals surface area contributed by atoms with Gasteiger partial charge in [0.25, 0.3) is 0 Å². The van der Waals surface area contributed by atoms with Crippen molar-refractivity contribution < 1.29 is 13.9 Å². The van der Waals surface area contributed by atoms with Gasteiger partial charge in [0.05, 0.1) is 21.3 Å². The van der Waals surface area contributed by atoms with Crippen molar-refractivity contribution in [3.05, 3.63) is 57.8 Å². The number of benzene rings is 2. The fraction of sp³-hybridized carbons (Fsp3) is 0.133. The number of carbonyl (C=O) groups excluding carboxylic acids is 1. The molecule has 1 N–H and O–H groups in total. The van der Waals surface area contributed by atoms with Crippen molar-refractivity contribution in [2.45, 2.75) is 0 Å². The molecule has 0 radical (unpaired) electrons. The van der Waals surface area contributed by atoms with Crippen molar-refractivity contribution >= 4 is 27.4 Å². The van der Waals surface area contributed by atoms with Gasteiger partial charge in [0.1, 0.15) is 12.4 Å². The van der Waals surface area contributed by atoms with E-state index in [0.29, 0.717) is 24.5 Å². The number of hydrogen-bond donors (Lipinski definition) is 1. The van der Waals surface area contributed by atoms with Crippen LogP contribution in [0.25, 0.3) is 0 Å². The molecule has 2 aromatic rings. The molecule has 0 amide bonds. The molecular weight excluding hydrogens is 325 g/mol. The summed E-state index contributed by atoms with van der Waals surface area (Å²) in [6.45, 7) is 1.17. The van der Waals surface area contributed by atoms with Crippen LogP contribution in [0.3, 0.4) is 0 Å². The summed E-state index contributed by atoms with van der Waals surface area (Å²) in [5.74, 6) is -0.452. The Morgan fingerprint density at radius 1 is 1.20 bits per heavy atom. The molecular formula is C15H11BrFNO2. The van der Waals surface area contributed by atoms with Gasteiger partial charge in [0, 0.05) is 6.54 Å². The summed E-state index contributed by atoms with van der Waals surface area (Å²) in [6.07, 6.45) is 0. The lowest BCUT2D eigenvalue weighted by molar-refractivity contribution is 0.103. The van der Waals surface area contributed by atoms with Gasteiger partial charge in [0.15, 0.2) is 11.5 Å². The zero-order valence-electron chi connectivity index (χ0n) is 10.5. The van der Waals surface area contributed by atoms with Gasteiger partial charge in [-0.15, -0.1) is 0 Å². The van der Waals surface area contributed by atoms with Gasteiger partial charge in [-0.05, 0) is 40.2 Å². The molecule has 0 atom stereocenters. The molecule has 0 spiro atoms. The Hall–Kier alpha value is -1.88. The third-order valence-electron chi connectivity index (χ3n) is 3.12. The molecule has 5 heteroatoms. The van der Waals surface area contributed by atoms with Crippen molar-refractivity contribution in [3.63, 3.8) is 0 Å². The zero-order valence-corrected chi connectivity index (χ0v) is 12.0. The molecule has 0 aliphatic carbocycles. The smallest absolute Gasteiger partial charge is 0.199 e. The highest BCUT2D eigenvalue weighted by molar-refractivity contribution is 9.10. The van der Waals surface area contributed by atoms with Gasteiger partial charge < -0.3 is 10.1 Å². The molecule has 102 valence electrons. The highest BCUT2D eigenvalue weighted by Crippen LogP contribution is 2.33. The molecule has 0 saturated carbocycles. The summed E-state index contributed by atoms with van der Waals surface area (Å²) >= 11 is 3.09. The second-order valence-electron chi connectivity index (χ2n) is 4.39. The van der Waals surface area contributed by atoms with E-state index in [1.165, 1.54) is 6.07 Å². The SMILES string of the molecule is O=C(c1cccc(Br)c1F)c1cccc2c1OCCN2. The average molecular weight is 336 g/mol. The van der Waals surface area contributed by atoms with Gasteiger partial charge in [-0.3, -0.25) is 4.79 Å². The van der Waals surface area contributed by atoms with Crippen LogP contribution in [0.2, 0.25) is 0 Å². The maximum Gasteiger partial charge on any atom is 0.199 e. The van der Waals surface area contributed by atoms with Gasteiger partial charge in [-0.2, -0.15) is 0 Å². The lowest BCUT2D eigenvalue weighted by Crippen LogP contribution is -2.20. The number of rotatable bonds is 2. The quantitative estimate of drug-likeness (QED) is 0.852. The van der Waals surface area contributed by atoms with Gasteiger partial charge >= 0.3 is 0 Å². The number of fused-ring (bicyclic) bond motifs is 1. The second kappa shape index (κ2) is 5.25. The van der Waals surface area contributed by atoms with Gasteiger partial charge in [-0.25, -0.2) is 4.39 Å². The Bertz CT molecular complexity index is 688. The summed E-state index contributed by atoms with van der Waals surface area (Å²) in [5, 5.41) is 3.16. The van der Waals surface area contributed by atoms with Crippen molar-refractivity contribution in [3.8, 4) is 5.75 Å². The Balaban J connectivity index is 2.09. The van der Waals surface area contributed by atoms with Crippen LogP contribution in [0.1, 0.15) is 15.9 Å². The molecule has 2 aromatic carbocycles. The fourth-order valence-electron chi connectivity index (χ4n) is 2.17. The van der Waals surface area contributed by atoms with E-state index in [4.69, 9.17) is 4.74 Å². The molecule has 3 rings (SSSR count). The van der Waals surface area contributed by atoms with E-state index < -0.39 is 5.82 Å². The van der Waals surface area contributed by atoms with Crippen LogP contribution in [-0.2, 0) is 0 Å². The lowest BCUT2D eigenvalue weighted by Gasteiger charge is -2.21. The van der Waals surface area contributed by atoms with Crippen LogP contribution in [0, 0.1) is 5.82 Å². The average Bonchev–Trinajstić information content (AvgIpc) is 2.49. The predicted octanol–water partition coefficient (Wildman–Crippen LogP) is 3.62. The molecule has 0 fully saturated rings. The Morgan fingerprint density at radius 3 is 2.80 bits per heavy atom. The standard InChI is InChI=1S/C15H11BrFNO2/c16-11-5-1-3-9(13(11)17)14(19)10-4-2-6-12-15(10)20-8-7-18-12/h1-6,18H,7-8H2. The summed E-state index contributed by atoms with van der Waals surface area (Å²) in [7, 11) is 0. The third kappa shape index (κ3) is 2.18. The fourth-order valence-corrected chi connectivity index (χ4v) is 2.54. The molecule has 1 aliphatic rings. The minimum atomic E-state index is -0.557. The topological polar surface area (TPSA) is 38.3 Å². The van der Waals surface area contributed by atoms with Crippen LogP contribution in [0.15, 0.2) is 40.9 Å². The minimum Gasteiger partial charge on any atom is -0.489 e. The summed E-state index contributed by atoms with van der Waals surface area (Å²) in [4.78, 5) is 12.5. The Kier molecular flexibility index (Phi) is 3.44. The van der Waals surface area contributed by atoms with Crippen LogP contribution >= 0.6 is 15.9 Å². The normalized spacial score (nSPS) is 13.1. The van der Waals surface area contributed by atoms with Crippen molar-refractivity contribution in [1.29, 1.82) is 0 Å². The second-order valence-corrected chi connectivity index (χ2v) is 5.24. The number of halogens is 2. The van der Waals surface area contributed by atoms with Crippen LogP contribution in [0.4, 0.5) is 10.1 Å². The van der Waals surface area contributed by atoms with Crippen molar-refractivity contribution in [1.82, 2.24) is 0 Å². The monoisotopic (exact) mass is 335 g/mol. The number of carbonyl (C=O) groups is 1. The number of ether oxygens (including phenoxy) is 1. The Labute approximate surface area is 123 Å². The molecule has 0 saturated heterocycles. The largest absolute Gasteiger partial charge is 0.489 e. The van der Waals surface area contributed by atoms with E-state index in [1.54, 1.807) is 24.3 Å². The van der Waals surface area contributed by atoms with E-state index in [-0.39, 0.29) is 15.8 Å². The Morgan fingerprint density at radius 2 is 1.95 bits per heavy atom. The number of hydrogen-bond acceptors (Lipinski definition) is 3. The molecule has 0 aromatic heterocycles. The van der Waals surface area contributed by atoms with Crippen LogP contribution in [0.5, 0.6) is 5.75 Å². The number of para-hydroxylation sites is 1. The number of anilines is 1. The molecule has 20 heavy (non-hydrogen) atoms. The zero-order chi connectivity index (χ0) is 14.1. The first kappa shape index (κ1) is 13.1. The third-order valence-corrected chi connectivity index (χ3v) is 3.73. The van der Waals surface area contributed by atoms with E-state index in [1.807, 2.05) is 6.07 Å². The molecule has 1 aliphatic heterocycles. The number of ketones is 1. The molecule has 0 unspecified atom stereocenters. The summed E-state index contributed by atoms with van der Waals surface area (Å²) < 4.78 is 19.9. The first-order chi connectivity index (χ1) is 9.68. The molecule has 3 nitrogen and oxygen atoms in total. The van der Waals surface area contributed by atoms with E-state index in [0.717, 1.165) is 5.69 Å². The molecule has 0 bridgehead atoms. The predicted molar refractivity (Wildman–Crippen MR) is 78.0 cm³/mol. The van der Waals surface area contributed by atoms with Crippen molar-refractivity contribution in [2.75, 3.05) is 18.5 Å². The molecule has 1 heterocycles. The summed E-state index contributed by atoms with van der Waals surface area (Å²) in [6, 6.07) is 9.90. The number of nitrogens with one attached hydrogen (secondary N) is 1. The highest BCUT2D eigenvalue weighted by atomic mass is 79.9. The van der Waals surface area contributed by atoms with E-state index in [9.17, 15) is 9.18 Å². The van der Waals surface area contributed by atoms with E-state index in [2.05, 4.69) is 21.2 Å². The minimum absolute atomic E-state index is 0.0296. The van der Waals surface area contributed by atoms with Gasteiger partial charge in [0.2, 0.25) is 0 Å².